The van der Waals surface area contributed by atoms with Crippen LogP contribution in [0, 0.1) is 0 Å². The third-order valence-corrected chi connectivity index (χ3v) is 13.3. The van der Waals surface area contributed by atoms with Gasteiger partial charge in [0.2, 0.25) is 11.8 Å². The molecule has 19 heteroatoms. The van der Waals surface area contributed by atoms with Gasteiger partial charge in [-0.2, -0.15) is 26.3 Å². The number of amides is 4. The van der Waals surface area contributed by atoms with Gasteiger partial charge in [0.1, 0.15) is 11.5 Å². The van der Waals surface area contributed by atoms with Crippen LogP contribution in [0.5, 0.6) is 11.5 Å². The minimum Gasteiger partial charge on any atom is -0.493 e. The number of para-hydroxylation sites is 2. The van der Waals surface area contributed by atoms with E-state index in [0.717, 1.165) is 24.3 Å². The Kier molecular flexibility index (Phi) is 15.9. The maximum absolute atomic E-state index is 15.9. The highest BCUT2D eigenvalue weighted by Gasteiger charge is 2.42. The van der Waals surface area contributed by atoms with E-state index in [-0.39, 0.29) is 134 Å². The summed E-state index contributed by atoms with van der Waals surface area (Å²) in [5.74, 6) is -1.34. The molecule has 0 saturated carbocycles. The lowest BCUT2D eigenvalue weighted by atomic mass is 9.92. The average Bonchev–Trinajstić information content (AvgIpc) is 4.14. The zero-order chi connectivity index (χ0) is 51.9. The fourth-order valence-corrected chi connectivity index (χ4v) is 9.87. The Morgan fingerprint density at radius 2 is 0.890 bits per heavy atom. The Balaban J connectivity index is 1.18. The first-order valence-corrected chi connectivity index (χ1v) is 24.1. The van der Waals surface area contributed by atoms with Gasteiger partial charge in [0, 0.05) is 96.6 Å². The standard InChI is InChI=1S/C54H48F6N4O8S/c1-3-69-39-13-7-5-11-37(39)47-35(19-23-45(65)61-25-29-63(30-26-61)51(67)41-15-9-33-71-41)17-21-43(49(47)53(55,56)57)73-44-22-18-36(48(50(44)54(58,59)60)38-12-6-8-14-40(38)70-4-2)20-24-46(66)62-27-31-64(32-28-62)52(68)42-16-10-34-72-42/h5-24,33-34H,3-4,25-32H2,1-2H3/b23-19+,24-20+. The number of piperazine rings is 2. The minimum atomic E-state index is -5.18. The van der Waals surface area contributed by atoms with Crippen LogP contribution >= 0.6 is 11.8 Å². The summed E-state index contributed by atoms with van der Waals surface area (Å²) in [5.41, 5.74) is -3.57. The highest BCUT2D eigenvalue weighted by molar-refractivity contribution is 7.99. The molecule has 73 heavy (non-hydrogen) atoms. The van der Waals surface area contributed by atoms with Crippen LogP contribution in [0.4, 0.5) is 26.3 Å². The largest absolute Gasteiger partial charge is 0.493 e. The Morgan fingerprint density at radius 1 is 0.521 bits per heavy atom. The topological polar surface area (TPSA) is 126 Å². The number of furan rings is 2. The summed E-state index contributed by atoms with van der Waals surface area (Å²) < 4.78 is 118. The van der Waals surface area contributed by atoms with Gasteiger partial charge in [0.05, 0.1) is 36.9 Å². The van der Waals surface area contributed by atoms with Crippen LogP contribution in [-0.2, 0) is 21.9 Å². The smallest absolute Gasteiger partial charge is 0.418 e. The molecule has 2 aliphatic heterocycles. The van der Waals surface area contributed by atoms with Crippen molar-refractivity contribution in [3.8, 4) is 33.8 Å². The Morgan fingerprint density at radius 3 is 1.23 bits per heavy atom. The van der Waals surface area contributed by atoms with Crippen molar-refractivity contribution < 1.29 is 63.8 Å². The normalized spacial score (nSPS) is 14.6. The number of nitrogens with zero attached hydrogens (tertiary/aromatic N) is 4. The van der Waals surface area contributed by atoms with Crippen molar-refractivity contribution in [1.82, 2.24) is 19.6 Å². The summed E-state index contributed by atoms with van der Waals surface area (Å²) in [6.45, 7) is 4.71. The quantitative estimate of drug-likeness (QED) is 0.0774. The van der Waals surface area contributed by atoms with Gasteiger partial charge in [-0.1, -0.05) is 60.3 Å². The number of hydrogen-bond acceptors (Lipinski definition) is 9. The lowest BCUT2D eigenvalue weighted by molar-refractivity contribution is -0.139. The second-order valence-corrected chi connectivity index (χ2v) is 17.7. The second-order valence-electron chi connectivity index (χ2n) is 16.6. The van der Waals surface area contributed by atoms with Crippen LogP contribution in [-0.4, -0.2) is 109 Å². The van der Waals surface area contributed by atoms with E-state index in [2.05, 4.69) is 0 Å². The molecule has 0 atom stereocenters. The summed E-state index contributed by atoms with van der Waals surface area (Å²) in [6.07, 6.45) is -2.88. The molecule has 2 aliphatic rings. The molecule has 2 saturated heterocycles. The molecule has 0 bridgehead atoms. The average molecular weight is 1030 g/mol. The first-order chi connectivity index (χ1) is 35.1. The molecule has 0 spiro atoms. The third kappa shape index (κ3) is 11.7. The number of hydrogen-bond donors (Lipinski definition) is 0. The van der Waals surface area contributed by atoms with E-state index in [9.17, 15) is 19.2 Å². The van der Waals surface area contributed by atoms with Crippen LogP contribution < -0.4 is 9.47 Å². The molecule has 2 fully saturated rings. The minimum absolute atomic E-state index is 0.0191. The molecule has 6 aromatic rings. The van der Waals surface area contributed by atoms with Crippen molar-refractivity contribution in [2.75, 3.05) is 65.6 Å². The van der Waals surface area contributed by atoms with Crippen LogP contribution in [0.3, 0.4) is 0 Å². The molecule has 0 radical (unpaired) electrons. The van der Waals surface area contributed by atoms with Crippen molar-refractivity contribution in [3.63, 3.8) is 0 Å². The van der Waals surface area contributed by atoms with Gasteiger partial charge in [0.15, 0.2) is 11.5 Å². The third-order valence-electron chi connectivity index (χ3n) is 12.1. The first-order valence-electron chi connectivity index (χ1n) is 23.3. The van der Waals surface area contributed by atoms with Gasteiger partial charge < -0.3 is 37.9 Å². The Labute approximate surface area is 420 Å². The van der Waals surface area contributed by atoms with Gasteiger partial charge in [0.25, 0.3) is 11.8 Å². The number of ether oxygens (including phenoxy) is 2. The van der Waals surface area contributed by atoms with Crippen molar-refractivity contribution in [2.24, 2.45) is 0 Å². The zero-order valence-corrected chi connectivity index (χ0v) is 40.3. The summed E-state index contributed by atoms with van der Waals surface area (Å²) in [7, 11) is 0. The lowest BCUT2D eigenvalue weighted by Gasteiger charge is -2.33. The molecule has 0 aliphatic carbocycles. The van der Waals surface area contributed by atoms with Crippen molar-refractivity contribution in [2.45, 2.75) is 36.0 Å². The van der Waals surface area contributed by atoms with Gasteiger partial charge in [-0.05, 0) is 85.7 Å². The van der Waals surface area contributed by atoms with E-state index < -0.39 is 56.2 Å². The van der Waals surface area contributed by atoms with E-state index in [1.807, 2.05) is 0 Å². The molecule has 12 nitrogen and oxygen atoms in total. The predicted octanol–water partition coefficient (Wildman–Crippen LogP) is 11.2. The summed E-state index contributed by atoms with van der Waals surface area (Å²) in [5, 5.41) is 0. The van der Waals surface area contributed by atoms with E-state index >= 15 is 26.3 Å². The van der Waals surface area contributed by atoms with Gasteiger partial charge in [-0.3, -0.25) is 19.2 Å². The van der Waals surface area contributed by atoms with E-state index in [4.69, 9.17) is 18.3 Å². The molecular formula is C54H48F6N4O8S. The molecule has 2 aromatic heterocycles. The lowest BCUT2D eigenvalue weighted by Crippen LogP contribution is -2.50. The van der Waals surface area contributed by atoms with E-state index in [1.54, 1.807) is 38.1 Å². The van der Waals surface area contributed by atoms with Crippen molar-refractivity contribution in [3.05, 3.63) is 156 Å². The molecule has 4 heterocycles. The predicted molar refractivity (Wildman–Crippen MR) is 261 cm³/mol. The summed E-state index contributed by atoms with van der Waals surface area (Å²) in [4.78, 5) is 57.7. The molecular weight excluding hydrogens is 979 g/mol. The molecule has 0 unspecified atom stereocenters. The molecule has 0 N–H and O–H groups in total. The van der Waals surface area contributed by atoms with Crippen LogP contribution in [0.15, 0.2) is 140 Å². The van der Waals surface area contributed by atoms with Crippen LogP contribution in [0.1, 0.15) is 57.2 Å². The van der Waals surface area contributed by atoms with Gasteiger partial charge in [-0.15, -0.1) is 0 Å². The van der Waals surface area contributed by atoms with Crippen LogP contribution in [0.25, 0.3) is 34.4 Å². The molecule has 8 rings (SSSR count). The van der Waals surface area contributed by atoms with Crippen molar-refractivity contribution in [1.29, 1.82) is 0 Å². The highest BCUT2D eigenvalue weighted by Crippen LogP contribution is 2.52. The van der Waals surface area contributed by atoms with Gasteiger partial charge >= 0.3 is 12.4 Å². The molecule has 4 amide bonds. The fraction of sp³-hybridized carbons (Fsp3) is 0.259. The van der Waals surface area contributed by atoms with E-state index in [1.165, 1.54) is 105 Å². The second kappa shape index (κ2) is 22.4. The van der Waals surface area contributed by atoms with Gasteiger partial charge in [-0.25, -0.2) is 0 Å². The van der Waals surface area contributed by atoms with E-state index in [0.29, 0.717) is 0 Å². The summed E-state index contributed by atoms with van der Waals surface area (Å²) >= 11 is 0.267. The first kappa shape index (κ1) is 51.7. The Bertz CT molecular complexity index is 2810. The fourth-order valence-electron chi connectivity index (χ4n) is 8.72. The molecule has 380 valence electrons. The maximum Gasteiger partial charge on any atom is 0.418 e. The number of rotatable bonds is 14. The Hall–Kier alpha value is -7.67. The number of benzene rings is 4. The monoisotopic (exact) mass is 1030 g/mol. The molecule has 4 aromatic carbocycles. The number of carbonyl (C=O) groups is 4. The highest BCUT2D eigenvalue weighted by atomic mass is 32.2. The number of carbonyl (C=O) groups excluding carboxylic acids is 4. The zero-order valence-electron chi connectivity index (χ0n) is 39.5. The van der Waals surface area contributed by atoms with Crippen molar-refractivity contribution >= 4 is 47.5 Å². The van der Waals surface area contributed by atoms with Crippen LogP contribution in [0.2, 0.25) is 0 Å². The SMILES string of the molecule is CCOc1ccccc1-c1c(/C=C/C(=O)N2CCN(C(=O)c3ccco3)CC2)ccc(Sc2ccc(/C=C/C(=O)N3CCN(C(=O)c4ccco4)CC3)c(-c3ccccc3OCC)c2C(F)(F)F)c1C(F)(F)F. The number of halogens is 6. The number of alkyl halides is 6. The summed E-state index contributed by atoms with van der Waals surface area (Å²) in [6, 6.07) is 22.9. The maximum atomic E-state index is 15.9.